The van der Waals surface area contributed by atoms with Gasteiger partial charge in [0.1, 0.15) is 0 Å². The molecule has 4 nitrogen and oxygen atoms in total. The van der Waals surface area contributed by atoms with Gasteiger partial charge in [0.15, 0.2) is 11.5 Å². The molecule has 0 spiro atoms. The van der Waals surface area contributed by atoms with Crippen LogP contribution in [-0.4, -0.2) is 24.2 Å². The van der Waals surface area contributed by atoms with Crippen molar-refractivity contribution in [2.45, 2.75) is 26.3 Å². The third kappa shape index (κ3) is 2.66. The first-order valence-corrected chi connectivity index (χ1v) is 5.27. The van der Waals surface area contributed by atoms with E-state index in [4.69, 9.17) is 4.74 Å². The van der Waals surface area contributed by atoms with Gasteiger partial charge in [-0.05, 0) is 25.5 Å². The predicted octanol–water partition coefficient (Wildman–Crippen LogP) is 1.93. The molecule has 1 aromatic rings. The number of hydrogen-bond acceptors (Lipinski definition) is 3. The van der Waals surface area contributed by atoms with Crippen molar-refractivity contribution in [3.63, 3.8) is 0 Å². The Morgan fingerprint density at radius 1 is 1.56 bits per heavy atom. The number of phenolic OH excluding ortho intramolecular Hbond substituents is 1. The number of methoxy groups -OCH3 is 1. The summed E-state index contributed by atoms with van der Waals surface area (Å²) in [4.78, 5) is 11.8. The normalized spacial score (nSPS) is 11.9. The van der Waals surface area contributed by atoms with E-state index in [-0.39, 0.29) is 23.3 Å². The van der Waals surface area contributed by atoms with Crippen LogP contribution in [0, 0.1) is 0 Å². The lowest BCUT2D eigenvalue weighted by atomic mass is 10.1. The van der Waals surface area contributed by atoms with E-state index in [9.17, 15) is 9.90 Å². The van der Waals surface area contributed by atoms with Crippen molar-refractivity contribution in [2.75, 3.05) is 7.11 Å². The monoisotopic (exact) mass is 223 g/mol. The first-order chi connectivity index (χ1) is 7.60. The number of ether oxygens (including phenoxy) is 1. The molecule has 0 bridgehead atoms. The van der Waals surface area contributed by atoms with Crippen molar-refractivity contribution in [3.8, 4) is 11.5 Å². The van der Waals surface area contributed by atoms with Crippen LogP contribution in [0.4, 0.5) is 0 Å². The molecule has 1 amide bonds. The number of nitrogens with one attached hydrogen (secondary N) is 1. The summed E-state index contributed by atoms with van der Waals surface area (Å²) >= 11 is 0. The quantitative estimate of drug-likeness (QED) is 0.820. The van der Waals surface area contributed by atoms with Crippen LogP contribution in [0.3, 0.4) is 0 Å². The molecule has 88 valence electrons. The van der Waals surface area contributed by atoms with Gasteiger partial charge in [0.05, 0.1) is 12.7 Å². The fourth-order valence-electron chi connectivity index (χ4n) is 1.27. The molecule has 1 rings (SSSR count). The maximum atomic E-state index is 11.8. The fraction of sp³-hybridized carbons (Fsp3) is 0.417. The number of rotatable bonds is 4. The Bertz CT molecular complexity index is 377. The van der Waals surface area contributed by atoms with Crippen LogP contribution < -0.4 is 10.1 Å². The first-order valence-electron chi connectivity index (χ1n) is 5.27. The lowest BCUT2D eigenvalue weighted by Gasteiger charge is -2.13. The highest BCUT2D eigenvalue weighted by atomic mass is 16.5. The largest absolute Gasteiger partial charge is 0.504 e. The second-order valence-electron chi connectivity index (χ2n) is 3.64. The molecule has 1 aromatic carbocycles. The van der Waals surface area contributed by atoms with E-state index in [1.165, 1.54) is 7.11 Å². The Balaban J connectivity index is 2.91. The van der Waals surface area contributed by atoms with Gasteiger partial charge in [0.2, 0.25) is 0 Å². The van der Waals surface area contributed by atoms with Crippen LogP contribution in [-0.2, 0) is 0 Å². The molecule has 0 aliphatic carbocycles. The predicted molar refractivity (Wildman–Crippen MR) is 61.9 cm³/mol. The minimum atomic E-state index is -0.286. The molecular weight excluding hydrogens is 206 g/mol. The lowest BCUT2D eigenvalue weighted by molar-refractivity contribution is 0.0936. The summed E-state index contributed by atoms with van der Waals surface area (Å²) in [7, 11) is 1.45. The molecule has 0 saturated carbocycles. The van der Waals surface area contributed by atoms with Crippen molar-refractivity contribution in [2.24, 2.45) is 0 Å². The maximum Gasteiger partial charge on any atom is 0.255 e. The summed E-state index contributed by atoms with van der Waals surface area (Å²) in [6.45, 7) is 3.89. The summed E-state index contributed by atoms with van der Waals surface area (Å²) in [6.07, 6.45) is 0.844. The third-order valence-electron chi connectivity index (χ3n) is 2.45. The van der Waals surface area contributed by atoms with E-state index < -0.39 is 0 Å². The van der Waals surface area contributed by atoms with Crippen molar-refractivity contribution in [1.82, 2.24) is 5.32 Å². The molecule has 2 N–H and O–H groups in total. The summed E-state index contributed by atoms with van der Waals surface area (Å²) < 4.78 is 4.94. The zero-order chi connectivity index (χ0) is 12.1. The van der Waals surface area contributed by atoms with Gasteiger partial charge >= 0.3 is 0 Å². The van der Waals surface area contributed by atoms with Gasteiger partial charge in [-0.25, -0.2) is 0 Å². The molecule has 0 radical (unpaired) electrons. The first kappa shape index (κ1) is 12.4. The number of carbonyl (C=O) groups is 1. The fourth-order valence-corrected chi connectivity index (χ4v) is 1.27. The number of amides is 1. The summed E-state index contributed by atoms with van der Waals surface area (Å²) in [5.74, 6) is -0.103. The van der Waals surface area contributed by atoms with E-state index in [1.54, 1.807) is 18.2 Å². The molecule has 1 unspecified atom stereocenters. The second-order valence-corrected chi connectivity index (χ2v) is 3.64. The minimum absolute atomic E-state index is 0.0816. The van der Waals surface area contributed by atoms with Gasteiger partial charge in [-0.15, -0.1) is 0 Å². The van der Waals surface area contributed by atoms with Crippen LogP contribution in [0.2, 0.25) is 0 Å². The average Bonchev–Trinajstić information content (AvgIpc) is 2.29. The van der Waals surface area contributed by atoms with Gasteiger partial charge < -0.3 is 15.2 Å². The van der Waals surface area contributed by atoms with Crippen LogP contribution in [0.5, 0.6) is 11.5 Å². The molecule has 0 aliphatic heterocycles. The van der Waals surface area contributed by atoms with Gasteiger partial charge in [0.25, 0.3) is 5.91 Å². The van der Waals surface area contributed by atoms with E-state index >= 15 is 0 Å². The Morgan fingerprint density at radius 3 is 2.81 bits per heavy atom. The highest BCUT2D eigenvalue weighted by molar-refractivity contribution is 5.97. The lowest BCUT2D eigenvalue weighted by Crippen LogP contribution is -2.31. The zero-order valence-electron chi connectivity index (χ0n) is 9.78. The number of benzene rings is 1. The van der Waals surface area contributed by atoms with Crippen molar-refractivity contribution in [3.05, 3.63) is 23.8 Å². The Morgan fingerprint density at radius 2 is 2.25 bits per heavy atom. The van der Waals surface area contributed by atoms with Gasteiger partial charge in [-0.3, -0.25) is 4.79 Å². The number of aromatic hydroxyl groups is 1. The molecule has 0 heterocycles. The zero-order valence-corrected chi connectivity index (χ0v) is 9.78. The van der Waals surface area contributed by atoms with E-state index in [1.807, 2.05) is 13.8 Å². The summed E-state index contributed by atoms with van der Waals surface area (Å²) in [6, 6.07) is 4.92. The molecule has 1 atom stereocenters. The highest BCUT2D eigenvalue weighted by Crippen LogP contribution is 2.29. The number of hydrogen-bond donors (Lipinski definition) is 2. The molecule has 0 saturated heterocycles. The molecule has 0 aromatic heterocycles. The van der Waals surface area contributed by atoms with Crippen LogP contribution in [0.15, 0.2) is 18.2 Å². The number of phenols is 1. The minimum Gasteiger partial charge on any atom is -0.504 e. The Labute approximate surface area is 95.2 Å². The van der Waals surface area contributed by atoms with Crippen molar-refractivity contribution in [1.29, 1.82) is 0 Å². The smallest absolute Gasteiger partial charge is 0.255 e. The van der Waals surface area contributed by atoms with Gasteiger partial charge in [-0.1, -0.05) is 13.0 Å². The Hall–Kier alpha value is -1.71. The van der Waals surface area contributed by atoms with Gasteiger partial charge in [-0.2, -0.15) is 0 Å². The molecule has 16 heavy (non-hydrogen) atoms. The van der Waals surface area contributed by atoms with E-state index in [0.717, 1.165) is 6.42 Å². The summed E-state index contributed by atoms with van der Waals surface area (Å²) in [5.41, 5.74) is 0.236. The van der Waals surface area contributed by atoms with Crippen molar-refractivity contribution >= 4 is 5.91 Å². The topological polar surface area (TPSA) is 58.6 Å². The average molecular weight is 223 g/mol. The molecule has 0 aliphatic rings. The third-order valence-corrected chi connectivity index (χ3v) is 2.45. The van der Waals surface area contributed by atoms with Crippen molar-refractivity contribution < 1.29 is 14.6 Å². The van der Waals surface area contributed by atoms with Gasteiger partial charge in [0, 0.05) is 6.04 Å². The van der Waals surface area contributed by atoms with Crippen LogP contribution in [0.25, 0.3) is 0 Å². The standard InChI is InChI=1S/C12H17NO3/c1-4-8(2)13-12(15)9-6-5-7-10(16-3)11(9)14/h5-8,14H,4H2,1-3H3,(H,13,15). The molecular formula is C12H17NO3. The second kappa shape index (κ2) is 5.39. The number of para-hydroxylation sites is 1. The van der Waals surface area contributed by atoms with E-state index in [2.05, 4.69) is 5.32 Å². The SMILES string of the molecule is CCC(C)NC(=O)c1cccc(OC)c1O. The molecule has 4 heteroatoms. The van der Waals surface area contributed by atoms with Crippen LogP contribution >= 0.6 is 0 Å². The summed E-state index contributed by atoms with van der Waals surface area (Å²) in [5, 5.41) is 12.5. The highest BCUT2D eigenvalue weighted by Gasteiger charge is 2.15. The van der Waals surface area contributed by atoms with E-state index in [0.29, 0.717) is 5.75 Å². The maximum absolute atomic E-state index is 11.8. The van der Waals surface area contributed by atoms with Crippen LogP contribution in [0.1, 0.15) is 30.6 Å². The number of carbonyl (C=O) groups excluding carboxylic acids is 1. The molecule has 0 fully saturated rings. The Kier molecular flexibility index (Phi) is 4.17.